The van der Waals surface area contributed by atoms with Crippen molar-refractivity contribution in [1.82, 2.24) is 5.32 Å². The Balaban J connectivity index is 2.73. The van der Waals surface area contributed by atoms with Crippen LogP contribution in [0.2, 0.25) is 5.02 Å². The van der Waals surface area contributed by atoms with E-state index in [1.165, 1.54) is 46.1 Å². The normalized spacial score (nSPS) is 12.1. The molecule has 0 aliphatic heterocycles. The summed E-state index contributed by atoms with van der Waals surface area (Å²) in [6, 6.07) is 4.49. The van der Waals surface area contributed by atoms with Crippen LogP contribution in [0.3, 0.4) is 0 Å². The SMILES string of the molecule is COc1cc(Cl)ccc1C(=O)NCC(C)(C)C(O)C(=O)OC(=O)CC(C)=O. The molecule has 0 spiro atoms. The molecule has 0 radical (unpaired) electrons. The topological polar surface area (TPSA) is 119 Å². The van der Waals surface area contributed by atoms with Crippen LogP contribution in [-0.2, 0) is 19.1 Å². The Kier molecular flexibility index (Phi) is 7.93. The average molecular weight is 400 g/mol. The third-order valence-electron chi connectivity index (χ3n) is 3.68. The second-order valence-electron chi connectivity index (χ2n) is 6.59. The summed E-state index contributed by atoms with van der Waals surface area (Å²) < 4.78 is 9.56. The van der Waals surface area contributed by atoms with Crippen LogP contribution in [0.1, 0.15) is 37.6 Å². The molecule has 8 nitrogen and oxygen atoms in total. The molecule has 0 saturated carbocycles. The van der Waals surface area contributed by atoms with Gasteiger partial charge < -0.3 is 19.9 Å². The molecule has 1 rings (SSSR count). The van der Waals surface area contributed by atoms with Crippen molar-refractivity contribution in [2.75, 3.05) is 13.7 Å². The molecular formula is C18H22ClNO7. The van der Waals surface area contributed by atoms with Crippen LogP contribution >= 0.6 is 11.6 Å². The first-order chi connectivity index (χ1) is 12.5. The van der Waals surface area contributed by atoms with E-state index in [-0.39, 0.29) is 17.9 Å². The second kappa shape index (κ2) is 9.48. The molecule has 2 N–H and O–H groups in total. The van der Waals surface area contributed by atoms with E-state index in [9.17, 15) is 24.3 Å². The lowest BCUT2D eigenvalue weighted by molar-refractivity contribution is -0.170. The van der Waals surface area contributed by atoms with Gasteiger partial charge >= 0.3 is 11.9 Å². The number of hydrogen-bond acceptors (Lipinski definition) is 7. The maximum absolute atomic E-state index is 12.4. The molecule has 1 unspecified atom stereocenters. The van der Waals surface area contributed by atoms with Crippen molar-refractivity contribution in [3.05, 3.63) is 28.8 Å². The van der Waals surface area contributed by atoms with E-state index in [0.717, 1.165) is 0 Å². The number of carbonyl (C=O) groups is 4. The lowest BCUT2D eigenvalue weighted by atomic mass is 9.86. The largest absolute Gasteiger partial charge is 0.496 e. The summed E-state index contributed by atoms with van der Waals surface area (Å²) in [4.78, 5) is 46.5. The number of carbonyl (C=O) groups excluding carboxylic acids is 4. The van der Waals surface area contributed by atoms with Gasteiger partial charge in [-0.05, 0) is 25.1 Å². The highest BCUT2D eigenvalue weighted by Crippen LogP contribution is 2.24. The van der Waals surface area contributed by atoms with Crippen molar-refractivity contribution >= 4 is 35.2 Å². The summed E-state index contributed by atoms with van der Waals surface area (Å²) in [5.41, 5.74) is -0.922. The van der Waals surface area contributed by atoms with E-state index in [4.69, 9.17) is 16.3 Å². The first kappa shape index (κ1) is 22.6. The molecule has 0 aromatic heterocycles. The number of hydrogen-bond donors (Lipinski definition) is 2. The number of halogens is 1. The highest BCUT2D eigenvalue weighted by molar-refractivity contribution is 6.30. The van der Waals surface area contributed by atoms with Gasteiger partial charge in [0, 0.05) is 17.0 Å². The predicted molar refractivity (Wildman–Crippen MR) is 96.5 cm³/mol. The second-order valence-corrected chi connectivity index (χ2v) is 7.03. The number of aliphatic hydroxyl groups excluding tert-OH is 1. The third kappa shape index (κ3) is 6.65. The van der Waals surface area contributed by atoms with Crippen LogP contribution in [0.4, 0.5) is 0 Å². The van der Waals surface area contributed by atoms with Crippen molar-refractivity contribution < 1.29 is 33.8 Å². The minimum absolute atomic E-state index is 0.102. The maximum atomic E-state index is 12.4. The van der Waals surface area contributed by atoms with Crippen LogP contribution in [0.5, 0.6) is 5.75 Å². The zero-order valence-corrected chi connectivity index (χ0v) is 16.3. The lowest BCUT2D eigenvalue weighted by Gasteiger charge is -2.28. The highest BCUT2D eigenvalue weighted by Gasteiger charge is 2.36. The minimum atomic E-state index is -1.69. The van der Waals surface area contributed by atoms with Gasteiger partial charge in [-0.1, -0.05) is 25.4 Å². The Hall–Kier alpha value is -2.45. The standard InChI is InChI=1S/C18H22ClNO7/c1-10(21)7-14(22)27-17(25)15(23)18(2,3)9-20-16(24)12-6-5-11(19)8-13(12)26-4/h5-6,8,15,23H,7,9H2,1-4H3,(H,20,24). The van der Waals surface area contributed by atoms with Crippen molar-refractivity contribution in [2.24, 2.45) is 5.41 Å². The number of esters is 2. The van der Waals surface area contributed by atoms with Crippen LogP contribution in [0.25, 0.3) is 0 Å². The van der Waals surface area contributed by atoms with E-state index in [1.807, 2.05) is 0 Å². The molecule has 1 atom stereocenters. The Labute approximate surface area is 161 Å². The number of rotatable bonds is 8. The summed E-state index contributed by atoms with van der Waals surface area (Å²) in [6.45, 7) is 4.09. The van der Waals surface area contributed by atoms with Crippen molar-refractivity contribution in [1.29, 1.82) is 0 Å². The van der Waals surface area contributed by atoms with Crippen LogP contribution < -0.4 is 10.1 Å². The van der Waals surface area contributed by atoms with Crippen LogP contribution in [0, 0.1) is 5.41 Å². The summed E-state index contributed by atoms with van der Waals surface area (Å²) in [5.74, 6) is -2.93. The summed E-state index contributed by atoms with van der Waals surface area (Å²) in [6.07, 6.45) is -2.26. The van der Waals surface area contributed by atoms with E-state index >= 15 is 0 Å². The molecule has 0 fully saturated rings. The zero-order chi connectivity index (χ0) is 20.8. The third-order valence-corrected chi connectivity index (χ3v) is 3.92. The molecule has 1 aromatic carbocycles. The smallest absolute Gasteiger partial charge is 0.343 e. The van der Waals surface area contributed by atoms with Gasteiger partial charge in [0.1, 0.15) is 18.0 Å². The fraction of sp³-hybridized carbons (Fsp3) is 0.444. The van der Waals surface area contributed by atoms with Gasteiger partial charge in [0.25, 0.3) is 5.91 Å². The first-order valence-corrected chi connectivity index (χ1v) is 8.39. The van der Waals surface area contributed by atoms with Crippen LogP contribution in [0.15, 0.2) is 18.2 Å². The van der Waals surface area contributed by atoms with Gasteiger partial charge in [0.05, 0.1) is 12.7 Å². The average Bonchev–Trinajstić information content (AvgIpc) is 2.57. The number of benzene rings is 1. The molecule has 27 heavy (non-hydrogen) atoms. The van der Waals surface area contributed by atoms with E-state index < -0.39 is 41.6 Å². The number of Topliss-reactive ketones (excluding diaryl/α,β-unsaturated/α-hetero) is 1. The van der Waals surface area contributed by atoms with Gasteiger partial charge in [-0.25, -0.2) is 4.79 Å². The van der Waals surface area contributed by atoms with Gasteiger partial charge in [0.15, 0.2) is 6.10 Å². The monoisotopic (exact) mass is 399 g/mol. The van der Waals surface area contributed by atoms with E-state index in [0.29, 0.717) is 5.02 Å². The summed E-state index contributed by atoms with van der Waals surface area (Å²) in [7, 11) is 1.39. The fourth-order valence-corrected chi connectivity index (χ4v) is 2.24. The Morgan fingerprint density at radius 3 is 2.44 bits per heavy atom. The molecule has 0 aliphatic rings. The van der Waals surface area contributed by atoms with Gasteiger partial charge in [0.2, 0.25) is 0 Å². The highest BCUT2D eigenvalue weighted by atomic mass is 35.5. The van der Waals surface area contributed by atoms with Crippen molar-refractivity contribution in [3.63, 3.8) is 0 Å². The Morgan fingerprint density at radius 1 is 1.26 bits per heavy atom. The van der Waals surface area contributed by atoms with Crippen molar-refractivity contribution in [3.8, 4) is 5.75 Å². The molecule has 0 saturated heterocycles. The number of aliphatic hydroxyl groups is 1. The molecule has 1 amide bonds. The van der Waals surface area contributed by atoms with E-state index in [1.54, 1.807) is 0 Å². The molecule has 0 heterocycles. The molecule has 0 bridgehead atoms. The number of ketones is 1. The molecule has 0 aliphatic carbocycles. The number of nitrogens with one attached hydrogen (secondary N) is 1. The minimum Gasteiger partial charge on any atom is -0.496 e. The fourth-order valence-electron chi connectivity index (χ4n) is 2.08. The van der Waals surface area contributed by atoms with Gasteiger partial charge in [-0.3, -0.25) is 14.4 Å². The summed E-state index contributed by atoms with van der Waals surface area (Å²) in [5, 5.41) is 13.1. The molecule has 9 heteroatoms. The molecular weight excluding hydrogens is 378 g/mol. The Bertz CT molecular complexity index is 745. The Morgan fingerprint density at radius 2 is 1.89 bits per heavy atom. The lowest BCUT2D eigenvalue weighted by Crippen LogP contribution is -2.46. The van der Waals surface area contributed by atoms with E-state index in [2.05, 4.69) is 10.1 Å². The van der Waals surface area contributed by atoms with Crippen LogP contribution in [-0.4, -0.2) is 48.5 Å². The zero-order valence-electron chi connectivity index (χ0n) is 15.5. The maximum Gasteiger partial charge on any atom is 0.343 e. The quantitative estimate of drug-likeness (QED) is 0.502. The number of methoxy groups -OCH3 is 1. The predicted octanol–water partition coefficient (Wildman–Crippen LogP) is 1.51. The molecule has 1 aromatic rings. The summed E-state index contributed by atoms with van der Waals surface area (Å²) >= 11 is 5.85. The molecule has 148 valence electrons. The van der Waals surface area contributed by atoms with Crippen molar-refractivity contribution in [2.45, 2.75) is 33.3 Å². The van der Waals surface area contributed by atoms with Gasteiger partial charge in [-0.15, -0.1) is 0 Å². The van der Waals surface area contributed by atoms with Gasteiger partial charge in [-0.2, -0.15) is 0 Å². The first-order valence-electron chi connectivity index (χ1n) is 8.01. The number of amides is 1. The number of ether oxygens (including phenoxy) is 2.